The van der Waals surface area contributed by atoms with Gasteiger partial charge in [-0.3, -0.25) is 4.79 Å². The summed E-state index contributed by atoms with van der Waals surface area (Å²) in [6.45, 7) is 3.93. The van der Waals surface area contributed by atoms with E-state index in [-0.39, 0.29) is 12.2 Å². The standard InChI is InChI=1S/C20H22F2N2O4S/c1-3-13-9-18(22)19(29(26,27)24-15-6-7-28-11-15)10-16(13)20(25)23-14-4-5-17(21)12(2)8-14/h4-5,8-10,15,24H,3,6-7,11H2,1-2H3,(H,23,25). The number of amides is 1. The third-order valence-electron chi connectivity index (χ3n) is 4.74. The highest BCUT2D eigenvalue weighted by atomic mass is 32.2. The first kappa shape index (κ1) is 21.4. The molecule has 0 saturated carbocycles. The molecule has 0 aliphatic carbocycles. The third kappa shape index (κ3) is 4.80. The Morgan fingerprint density at radius 1 is 1.21 bits per heavy atom. The van der Waals surface area contributed by atoms with E-state index in [0.717, 1.165) is 12.1 Å². The predicted molar refractivity (Wildman–Crippen MR) is 104 cm³/mol. The van der Waals surface area contributed by atoms with Gasteiger partial charge in [0.1, 0.15) is 16.5 Å². The minimum Gasteiger partial charge on any atom is -0.380 e. The zero-order valence-electron chi connectivity index (χ0n) is 16.1. The molecule has 2 aromatic carbocycles. The molecule has 2 aromatic rings. The number of rotatable bonds is 6. The lowest BCUT2D eigenvalue weighted by atomic mass is 10.0. The maximum absolute atomic E-state index is 14.6. The van der Waals surface area contributed by atoms with Crippen LogP contribution >= 0.6 is 0 Å². The summed E-state index contributed by atoms with van der Waals surface area (Å²) in [6.07, 6.45) is 0.817. The van der Waals surface area contributed by atoms with Gasteiger partial charge in [0, 0.05) is 23.9 Å². The van der Waals surface area contributed by atoms with Crippen LogP contribution in [0.2, 0.25) is 0 Å². The summed E-state index contributed by atoms with van der Waals surface area (Å²) in [5.41, 5.74) is 1.11. The van der Waals surface area contributed by atoms with Crippen LogP contribution in [0.3, 0.4) is 0 Å². The number of carbonyl (C=O) groups excluding carboxylic acids is 1. The number of anilines is 1. The molecule has 1 aliphatic heterocycles. The topological polar surface area (TPSA) is 84.5 Å². The van der Waals surface area contributed by atoms with Gasteiger partial charge in [-0.05, 0) is 61.2 Å². The Morgan fingerprint density at radius 2 is 1.97 bits per heavy atom. The summed E-state index contributed by atoms with van der Waals surface area (Å²) >= 11 is 0. The fourth-order valence-corrected chi connectivity index (χ4v) is 4.48. The second kappa shape index (κ2) is 8.56. The molecule has 156 valence electrons. The molecule has 0 spiro atoms. The SMILES string of the molecule is CCc1cc(F)c(S(=O)(=O)NC2CCOC2)cc1C(=O)Nc1ccc(F)c(C)c1. The van der Waals surface area contributed by atoms with Crippen LogP contribution in [0.5, 0.6) is 0 Å². The van der Waals surface area contributed by atoms with Gasteiger partial charge in [-0.15, -0.1) is 0 Å². The smallest absolute Gasteiger partial charge is 0.255 e. The van der Waals surface area contributed by atoms with Crippen LogP contribution in [0.15, 0.2) is 35.2 Å². The third-order valence-corrected chi connectivity index (χ3v) is 6.28. The zero-order chi connectivity index (χ0) is 21.2. The fraction of sp³-hybridized carbons (Fsp3) is 0.350. The Balaban J connectivity index is 1.93. The normalized spacial score (nSPS) is 16.8. The maximum atomic E-state index is 14.6. The number of hydrogen-bond donors (Lipinski definition) is 2. The summed E-state index contributed by atoms with van der Waals surface area (Å²) in [5.74, 6) is -1.94. The van der Waals surface area contributed by atoms with Gasteiger partial charge in [-0.25, -0.2) is 21.9 Å². The van der Waals surface area contributed by atoms with Gasteiger partial charge in [0.15, 0.2) is 0 Å². The van der Waals surface area contributed by atoms with E-state index in [1.165, 1.54) is 18.2 Å². The highest BCUT2D eigenvalue weighted by Gasteiger charge is 2.28. The monoisotopic (exact) mass is 424 g/mol. The van der Waals surface area contributed by atoms with Crippen molar-refractivity contribution in [2.45, 2.75) is 37.6 Å². The zero-order valence-corrected chi connectivity index (χ0v) is 16.9. The van der Waals surface area contributed by atoms with Gasteiger partial charge < -0.3 is 10.1 Å². The molecular formula is C20H22F2N2O4S. The van der Waals surface area contributed by atoms with E-state index in [1.807, 2.05) is 0 Å². The van der Waals surface area contributed by atoms with E-state index in [9.17, 15) is 22.0 Å². The molecule has 3 rings (SSSR count). The second-order valence-corrected chi connectivity index (χ2v) is 8.58. The number of carbonyl (C=O) groups is 1. The highest BCUT2D eigenvalue weighted by Crippen LogP contribution is 2.23. The van der Waals surface area contributed by atoms with E-state index in [1.54, 1.807) is 13.8 Å². The molecule has 1 saturated heterocycles. The van der Waals surface area contributed by atoms with Crippen molar-refractivity contribution < 1.29 is 26.7 Å². The van der Waals surface area contributed by atoms with Crippen molar-refractivity contribution >= 4 is 21.6 Å². The van der Waals surface area contributed by atoms with Gasteiger partial charge in [-0.1, -0.05) is 6.92 Å². The Kier molecular flexibility index (Phi) is 6.30. The van der Waals surface area contributed by atoms with Crippen LogP contribution in [0.1, 0.15) is 34.8 Å². The summed E-state index contributed by atoms with van der Waals surface area (Å²) in [4.78, 5) is 12.2. The molecule has 1 fully saturated rings. The van der Waals surface area contributed by atoms with Gasteiger partial charge >= 0.3 is 0 Å². The Morgan fingerprint density at radius 3 is 2.59 bits per heavy atom. The summed E-state index contributed by atoms with van der Waals surface area (Å²) in [5, 5.41) is 2.61. The van der Waals surface area contributed by atoms with Gasteiger partial charge in [0.2, 0.25) is 10.0 Å². The van der Waals surface area contributed by atoms with Crippen molar-refractivity contribution in [3.63, 3.8) is 0 Å². The van der Waals surface area contributed by atoms with Crippen LogP contribution < -0.4 is 10.0 Å². The highest BCUT2D eigenvalue weighted by molar-refractivity contribution is 7.89. The summed E-state index contributed by atoms with van der Waals surface area (Å²) < 4.78 is 60.8. The molecule has 0 aromatic heterocycles. The number of hydrogen-bond acceptors (Lipinski definition) is 4. The molecular weight excluding hydrogens is 402 g/mol. The van der Waals surface area contributed by atoms with Crippen LogP contribution in [0.25, 0.3) is 0 Å². The quantitative estimate of drug-likeness (QED) is 0.746. The van der Waals surface area contributed by atoms with Gasteiger partial charge in [-0.2, -0.15) is 0 Å². The molecule has 0 bridgehead atoms. The molecule has 6 nitrogen and oxygen atoms in total. The Labute approximate surface area is 168 Å². The average Bonchev–Trinajstić information content (AvgIpc) is 3.16. The van der Waals surface area contributed by atoms with Gasteiger partial charge in [0.05, 0.1) is 6.61 Å². The Bertz CT molecular complexity index is 1040. The van der Waals surface area contributed by atoms with Gasteiger partial charge in [0.25, 0.3) is 5.91 Å². The average molecular weight is 424 g/mol. The molecule has 9 heteroatoms. The first-order chi connectivity index (χ1) is 13.7. The van der Waals surface area contributed by atoms with Crippen molar-refractivity contribution in [2.75, 3.05) is 18.5 Å². The van der Waals surface area contributed by atoms with Crippen molar-refractivity contribution in [3.8, 4) is 0 Å². The molecule has 1 aliphatic rings. The van der Waals surface area contributed by atoms with Crippen molar-refractivity contribution in [2.24, 2.45) is 0 Å². The maximum Gasteiger partial charge on any atom is 0.255 e. The molecule has 1 heterocycles. The van der Waals surface area contributed by atoms with Crippen molar-refractivity contribution in [1.29, 1.82) is 0 Å². The number of ether oxygens (including phenoxy) is 1. The van der Waals surface area contributed by atoms with E-state index < -0.39 is 38.5 Å². The second-order valence-electron chi connectivity index (χ2n) is 6.89. The summed E-state index contributed by atoms with van der Waals surface area (Å²) in [6, 6.07) is 5.74. The molecule has 1 amide bonds. The van der Waals surface area contributed by atoms with E-state index in [4.69, 9.17) is 4.74 Å². The van der Waals surface area contributed by atoms with E-state index in [2.05, 4.69) is 10.0 Å². The first-order valence-electron chi connectivity index (χ1n) is 9.21. The fourth-order valence-electron chi connectivity index (χ4n) is 3.14. The molecule has 29 heavy (non-hydrogen) atoms. The molecule has 1 atom stereocenters. The van der Waals surface area contributed by atoms with Crippen LogP contribution in [-0.4, -0.2) is 33.6 Å². The first-order valence-corrected chi connectivity index (χ1v) is 10.7. The lowest BCUT2D eigenvalue weighted by Gasteiger charge is -2.15. The van der Waals surface area contributed by atoms with Crippen LogP contribution in [-0.2, 0) is 21.2 Å². The lowest BCUT2D eigenvalue weighted by molar-refractivity contribution is 0.102. The number of benzene rings is 2. The summed E-state index contributed by atoms with van der Waals surface area (Å²) in [7, 11) is -4.18. The molecule has 2 N–H and O–H groups in total. The molecule has 0 radical (unpaired) electrons. The van der Waals surface area contributed by atoms with E-state index >= 15 is 0 Å². The van der Waals surface area contributed by atoms with Crippen LogP contribution in [0, 0.1) is 18.6 Å². The minimum absolute atomic E-state index is 0.0407. The predicted octanol–water partition coefficient (Wildman–Crippen LogP) is 3.16. The van der Waals surface area contributed by atoms with Crippen molar-refractivity contribution in [3.05, 3.63) is 58.7 Å². The van der Waals surface area contributed by atoms with E-state index in [0.29, 0.717) is 36.3 Å². The van der Waals surface area contributed by atoms with Crippen LogP contribution in [0.4, 0.5) is 14.5 Å². The molecule has 1 unspecified atom stereocenters. The minimum atomic E-state index is -4.18. The van der Waals surface area contributed by atoms with Crippen molar-refractivity contribution in [1.82, 2.24) is 4.72 Å². The largest absolute Gasteiger partial charge is 0.380 e. The number of nitrogens with one attached hydrogen (secondary N) is 2. The number of aryl methyl sites for hydroxylation is 2. The lowest BCUT2D eigenvalue weighted by Crippen LogP contribution is -2.35. The Hall–Kier alpha value is -2.36. The number of halogens is 2. The number of sulfonamides is 1.